The van der Waals surface area contributed by atoms with E-state index in [1.165, 1.54) is 5.56 Å². The number of aryl methyl sites for hydroxylation is 1. The molecule has 1 unspecified atom stereocenters. The van der Waals surface area contributed by atoms with Gasteiger partial charge in [0.2, 0.25) is 0 Å². The minimum atomic E-state index is 0.572. The highest BCUT2D eigenvalue weighted by Crippen LogP contribution is 2.21. The first kappa shape index (κ1) is 13.7. The van der Waals surface area contributed by atoms with Crippen LogP contribution in [-0.4, -0.2) is 9.78 Å². The lowest BCUT2D eigenvalue weighted by Crippen LogP contribution is -1.96. The van der Waals surface area contributed by atoms with Crippen molar-refractivity contribution in [1.82, 2.24) is 9.78 Å². The molecule has 19 heavy (non-hydrogen) atoms. The van der Waals surface area contributed by atoms with E-state index in [1.54, 1.807) is 0 Å². The molecule has 0 N–H and O–H groups in total. The average molecular weight is 258 g/mol. The summed E-state index contributed by atoms with van der Waals surface area (Å²) in [5, 5.41) is 4.23. The quantitative estimate of drug-likeness (QED) is 0.783. The molecule has 0 spiro atoms. The van der Waals surface area contributed by atoms with Crippen molar-refractivity contribution in [3.63, 3.8) is 0 Å². The Hall–Kier alpha value is -1.77. The number of benzene rings is 1. The van der Waals surface area contributed by atoms with E-state index in [1.807, 2.05) is 29.2 Å². The minimum Gasteiger partial charge on any atom is -0.489 e. The summed E-state index contributed by atoms with van der Waals surface area (Å²) < 4.78 is 7.67. The maximum absolute atomic E-state index is 5.76. The van der Waals surface area contributed by atoms with Crippen LogP contribution in [-0.2, 0) is 13.2 Å². The highest BCUT2D eigenvalue weighted by atomic mass is 16.5. The van der Waals surface area contributed by atoms with Gasteiger partial charge in [0.1, 0.15) is 12.4 Å². The van der Waals surface area contributed by atoms with E-state index >= 15 is 0 Å². The van der Waals surface area contributed by atoms with Crippen molar-refractivity contribution < 1.29 is 4.74 Å². The molecule has 1 heterocycles. The van der Waals surface area contributed by atoms with Crippen LogP contribution < -0.4 is 4.74 Å². The number of rotatable bonds is 6. The molecule has 0 aliphatic rings. The molecule has 2 aromatic rings. The van der Waals surface area contributed by atoms with Gasteiger partial charge in [-0.2, -0.15) is 5.10 Å². The van der Waals surface area contributed by atoms with E-state index in [4.69, 9.17) is 4.74 Å². The molecule has 0 saturated heterocycles. The van der Waals surface area contributed by atoms with Crippen molar-refractivity contribution in [3.05, 3.63) is 47.8 Å². The topological polar surface area (TPSA) is 27.1 Å². The molecule has 102 valence electrons. The first-order chi connectivity index (χ1) is 9.22. The van der Waals surface area contributed by atoms with Crippen molar-refractivity contribution in [3.8, 4) is 5.75 Å². The summed E-state index contributed by atoms with van der Waals surface area (Å²) in [5.41, 5.74) is 2.47. The Balaban J connectivity index is 1.92. The molecule has 1 aromatic heterocycles. The van der Waals surface area contributed by atoms with Gasteiger partial charge in [0.05, 0.1) is 6.20 Å². The Bertz CT molecular complexity index is 502. The molecular formula is C16H22N2O. The zero-order chi connectivity index (χ0) is 13.7. The van der Waals surface area contributed by atoms with E-state index in [2.05, 4.69) is 38.0 Å². The predicted octanol–water partition coefficient (Wildman–Crippen LogP) is 4.00. The van der Waals surface area contributed by atoms with Crippen molar-refractivity contribution in [2.45, 2.75) is 46.3 Å². The molecule has 2 rings (SSSR count). The largest absolute Gasteiger partial charge is 0.489 e. The van der Waals surface area contributed by atoms with E-state index in [0.717, 1.165) is 24.3 Å². The van der Waals surface area contributed by atoms with Gasteiger partial charge in [0, 0.05) is 18.3 Å². The molecule has 0 aliphatic carbocycles. The smallest absolute Gasteiger partial charge is 0.119 e. The van der Waals surface area contributed by atoms with E-state index in [0.29, 0.717) is 12.5 Å². The first-order valence-corrected chi connectivity index (χ1v) is 6.97. The molecule has 1 atom stereocenters. The van der Waals surface area contributed by atoms with Crippen molar-refractivity contribution in [1.29, 1.82) is 0 Å². The van der Waals surface area contributed by atoms with Gasteiger partial charge in [0.15, 0.2) is 0 Å². The van der Waals surface area contributed by atoms with Crippen LogP contribution in [0.4, 0.5) is 0 Å². The van der Waals surface area contributed by atoms with Crippen LogP contribution in [0, 0.1) is 0 Å². The maximum Gasteiger partial charge on any atom is 0.119 e. The number of aromatic nitrogens is 2. The van der Waals surface area contributed by atoms with E-state index < -0.39 is 0 Å². The number of ether oxygens (including phenoxy) is 1. The minimum absolute atomic E-state index is 0.572. The van der Waals surface area contributed by atoms with Crippen molar-refractivity contribution >= 4 is 0 Å². The average Bonchev–Trinajstić information content (AvgIpc) is 2.93. The molecule has 0 radical (unpaired) electrons. The SMILES string of the molecule is CCC(C)c1ccc(OCc2cnn(CC)c2)cc1. The summed E-state index contributed by atoms with van der Waals surface area (Å²) in [4.78, 5) is 0. The molecule has 0 amide bonds. The summed E-state index contributed by atoms with van der Waals surface area (Å²) in [6, 6.07) is 8.40. The summed E-state index contributed by atoms with van der Waals surface area (Å²) in [7, 11) is 0. The summed E-state index contributed by atoms with van der Waals surface area (Å²) in [6.07, 6.45) is 5.04. The van der Waals surface area contributed by atoms with Gasteiger partial charge in [-0.25, -0.2) is 0 Å². The highest BCUT2D eigenvalue weighted by molar-refractivity contribution is 5.29. The van der Waals surface area contributed by atoms with Gasteiger partial charge >= 0.3 is 0 Å². The number of hydrogen-bond donors (Lipinski definition) is 0. The molecular weight excluding hydrogens is 236 g/mol. The van der Waals surface area contributed by atoms with Crippen LogP contribution in [0.5, 0.6) is 5.75 Å². The molecule has 0 aliphatic heterocycles. The van der Waals surface area contributed by atoms with Gasteiger partial charge in [-0.1, -0.05) is 26.0 Å². The zero-order valence-corrected chi connectivity index (χ0v) is 12.0. The van der Waals surface area contributed by atoms with Gasteiger partial charge in [-0.3, -0.25) is 4.68 Å². The number of nitrogens with zero attached hydrogens (tertiary/aromatic N) is 2. The second kappa shape index (κ2) is 6.41. The third-order valence-corrected chi connectivity index (χ3v) is 3.48. The van der Waals surface area contributed by atoms with E-state index in [-0.39, 0.29) is 0 Å². The van der Waals surface area contributed by atoms with Crippen LogP contribution in [0.25, 0.3) is 0 Å². The Morgan fingerprint density at radius 2 is 1.95 bits per heavy atom. The standard InChI is InChI=1S/C16H22N2O/c1-4-13(3)15-6-8-16(9-7-15)19-12-14-10-17-18(5-2)11-14/h6-11,13H,4-5,12H2,1-3H3. The number of hydrogen-bond acceptors (Lipinski definition) is 2. The Morgan fingerprint density at radius 3 is 2.53 bits per heavy atom. The van der Waals surface area contributed by atoms with Crippen LogP contribution in [0.2, 0.25) is 0 Å². The van der Waals surface area contributed by atoms with Gasteiger partial charge in [-0.05, 0) is 37.0 Å². The van der Waals surface area contributed by atoms with Gasteiger partial charge < -0.3 is 4.74 Å². The second-order valence-electron chi connectivity index (χ2n) is 4.87. The summed E-state index contributed by atoms with van der Waals surface area (Å²) in [5.74, 6) is 1.52. The monoisotopic (exact) mass is 258 g/mol. The normalized spacial score (nSPS) is 12.4. The lowest BCUT2D eigenvalue weighted by atomic mass is 9.99. The summed E-state index contributed by atoms with van der Waals surface area (Å²) >= 11 is 0. The first-order valence-electron chi connectivity index (χ1n) is 6.97. The fraction of sp³-hybridized carbons (Fsp3) is 0.438. The predicted molar refractivity (Wildman–Crippen MR) is 77.4 cm³/mol. The molecule has 0 bridgehead atoms. The lowest BCUT2D eigenvalue weighted by Gasteiger charge is -2.10. The third kappa shape index (κ3) is 3.60. The fourth-order valence-corrected chi connectivity index (χ4v) is 1.95. The Labute approximate surface area is 115 Å². The van der Waals surface area contributed by atoms with Crippen molar-refractivity contribution in [2.24, 2.45) is 0 Å². The highest BCUT2D eigenvalue weighted by Gasteiger charge is 2.03. The van der Waals surface area contributed by atoms with Crippen LogP contribution >= 0.6 is 0 Å². The molecule has 1 aromatic carbocycles. The maximum atomic E-state index is 5.76. The Kier molecular flexibility index (Phi) is 4.61. The molecule has 3 nitrogen and oxygen atoms in total. The van der Waals surface area contributed by atoms with Crippen LogP contribution in [0.3, 0.4) is 0 Å². The lowest BCUT2D eigenvalue weighted by molar-refractivity contribution is 0.306. The van der Waals surface area contributed by atoms with Crippen molar-refractivity contribution in [2.75, 3.05) is 0 Å². The second-order valence-corrected chi connectivity index (χ2v) is 4.87. The molecule has 3 heteroatoms. The third-order valence-electron chi connectivity index (χ3n) is 3.48. The Morgan fingerprint density at radius 1 is 1.21 bits per heavy atom. The van der Waals surface area contributed by atoms with Crippen LogP contribution in [0.15, 0.2) is 36.7 Å². The summed E-state index contributed by atoms with van der Waals surface area (Å²) in [6.45, 7) is 7.99. The van der Waals surface area contributed by atoms with Gasteiger partial charge in [0.25, 0.3) is 0 Å². The van der Waals surface area contributed by atoms with Crippen LogP contribution in [0.1, 0.15) is 44.2 Å². The molecule has 0 fully saturated rings. The fourth-order valence-electron chi connectivity index (χ4n) is 1.95. The van der Waals surface area contributed by atoms with Gasteiger partial charge in [-0.15, -0.1) is 0 Å². The molecule has 0 saturated carbocycles. The zero-order valence-electron chi connectivity index (χ0n) is 12.0. The van der Waals surface area contributed by atoms with E-state index in [9.17, 15) is 0 Å².